The number of benzene rings is 3. The monoisotopic (exact) mass is 576 g/mol. The number of hydrogen-bond acceptors (Lipinski definition) is 6. The molecule has 6 atom stereocenters. The predicted octanol–water partition coefficient (Wildman–Crippen LogP) is 8.09. The molecule has 0 aliphatic carbocycles. The molecule has 0 saturated carbocycles. The Morgan fingerprint density at radius 1 is 0.683 bits per heavy atom. The van der Waals surface area contributed by atoms with Gasteiger partial charge in [0.2, 0.25) is 0 Å². The lowest BCUT2D eigenvalue weighted by molar-refractivity contribution is -0.329. The highest BCUT2D eigenvalue weighted by atomic mass is 32.2. The molecule has 220 valence electrons. The van der Waals surface area contributed by atoms with Crippen LogP contribution in [0, 0.1) is 0 Å². The van der Waals surface area contributed by atoms with Crippen molar-refractivity contribution in [1.82, 2.24) is 0 Å². The summed E-state index contributed by atoms with van der Waals surface area (Å²) in [5, 5.41) is 0. The van der Waals surface area contributed by atoms with Crippen LogP contribution in [-0.4, -0.2) is 42.2 Å². The Bertz CT molecular complexity index is 1120. The molecule has 0 spiro atoms. The normalized spacial score (nSPS) is 26.0. The molecule has 6 heteroatoms. The van der Waals surface area contributed by atoms with E-state index in [0.29, 0.717) is 19.8 Å². The maximum atomic E-state index is 6.73. The molecule has 0 radical (unpaired) electrons. The summed E-state index contributed by atoms with van der Waals surface area (Å²) in [6.45, 7) is 3.68. The first-order valence-electron chi connectivity index (χ1n) is 15.2. The molecule has 5 rings (SSSR count). The van der Waals surface area contributed by atoms with Gasteiger partial charge in [-0.2, -0.15) is 0 Å². The molecule has 3 aromatic rings. The molecule has 0 amide bonds. The van der Waals surface area contributed by atoms with Crippen molar-refractivity contribution >= 4 is 11.8 Å². The Kier molecular flexibility index (Phi) is 12.1. The van der Waals surface area contributed by atoms with Crippen LogP contribution in [0.1, 0.15) is 68.4 Å². The highest BCUT2D eigenvalue weighted by Gasteiger charge is 2.51. The molecule has 0 aromatic heterocycles. The zero-order chi connectivity index (χ0) is 28.1. The second kappa shape index (κ2) is 16.4. The lowest BCUT2D eigenvalue weighted by Gasteiger charge is -2.49. The average Bonchev–Trinajstić information content (AvgIpc) is 3.03. The molecule has 5 nitrogen and oxygen atoms in total. The SMILES string of the molecule is CCCCCCCCS[C@@H]1O[C@@H]2CO[C@@H](c3ccccc3)O[C@H]2[C@H](OCc2ccccc2)[C@@H]1OCc1ccccc1. The van der Waals surface area contributed by atoms with E-state index in [2.05, 4.69) is 31.2 Å². The van der Waals surface area contributed by atoms with E-state index in [1.807, 2.05) is 78.5 Å². The van der Waals surface area contributed by atoms with Gasteiger partial charge in [-0.05, 0) is 23.3 Å². The van der Waals surface area contributed by atoms with Crippen LogP contribution in [0.5, 0.6) is 0 Å². The van der Waals surface area contributed by atoms with Crippen molar-refractivity contribution in [3.8, 4) is 0 Å². The minimum absolute atomic E-state index is 0.170. The second-order valence-electron chi connectivity index (χ2n) is 10.9. The zero-order valence-electron chi connectivity index (χ0n) is 24.1. The van der Waals surface area contributed by atoms with E-state index in [9.17, 15) is 0 Å². The number of hydrogen-bond donors (Lipinski definition) is 0. The van der Waals surface area contributed by atoms with Gasteiger partial charge in [0.15, 0.2) is 6.29 Å². The molecule has 0 unspecified atom stereocenters. The van der Waals surface area contributed by atoms with Gasteiger partial charge in [-0.15, -0.1) is 11.8 Å². The zero-order valence-corrected chi connectivity index (χ0v) is 25.0. The van der Waals surface area contributed by atoms with Crippen molar-refractivity contribution in [3.63, 3.8) is 0 Å². The van der Waals surface area contributed by atoms with Crippen LogP contribution in [0.3, 0.4) is 0 Å². The lowest BCUT2D eigenvalue weighted by Crippen LogP contribution is -2.62. The van der Waals surface area contributed by atoms with Gasteiger partial charge in [-0.3, -0.25) is 0 Å². The quantitative estimate of drug-likeness (QED) is 0.170. The Morgan fingerprint density at radius 3 is 1.93 bits per heavy atom. The van der Waals surface area contributed by atoms with E-state index in [1.54, 1.807) is 0 Å². The van der Waals surface area contributed by atoms with E-state index in [1.165, 1.54) is 38.5 Å². The summed E-state index contributed by atoms with van der Waals surface area (Å²) in [5.41, 5.74) is 3.08. The third-order valence-electron chi connectivity index (χ3n) is 7.71. The number of fused-ring (bicyclic) bond motifs is 1. The van der Waals surface area contributed by atoms with Crippen molar-refractivity contribution in [1.29, 1.82) is 0 Å². The number of rotatable bonds is 15. The van der Waals surface area contributed by atoms with Gasteiger partial charge < -0.3 is 23.7 Å². The van der Waals surface area contributed by atoms with Crippen LogP contribution in [0.2, 0.25) is 0 Å². The third kappa shape index (κ3) is 8.90. The number of thioether (sulfide) groups is 1. The number of unbranched alkanes of at least 4 members (excludes halogenated alkanes) is 5. The Morgan fingerprint density at radius 2 is 1.27 bits per heavy atom. The molecule has 0 N–H and O–H groups in total. The van der Waals surface area contributed by atoms with Gasteiger partial charge in [0, 0.05) is 5.56 Å². The van der Waals surface area contributed by atoms with E-state index in [4.69, 9.17) is 23.7 Å². The average molecular weight is 577 g/mol. The van der Waals surface area contributed by atoms with Crippen molar-refractivity contribution in [3.05, 3.63) is 108 Å². The summed E-state index contributed by atoms with van der Waals surface area (Å²) >= 11 is 1.84. The first-order chi connectivity index (χ1) is 20.3. The first kappa shape index (κ1) is 30.3. The van der Waals surface area contributed by atoms with E-state index in [0.717, 1.165) is 22.4 Å². The van der Waals surface area contributed by atoms with E-state index in [-0.39, 0.29) is 29.9 Å². The summed E-state index contributed by atoms with van der Waals surface area (Å²) < 4.78 is 32.9. The fraction of sp³-hybridized carbons (Fsp3) is 0.486. The smallest absolute Gasteiger partial charge is 0.184 e. The standard InChI is InChI=1S/C35H44O5S/c1-2-3-4-5-6-16-23-41-35-33(37-25-28-19-12-8-13-20-28)32(36-24-27-17-10-7-11-18-27)31-30(39-35)26-38-34(40-31)29-21-14-9-15-22-29/h7-15,17-22,30-35H,2-6,16,23-26H2,1H3/t30-,31-,32+,33+,34-,35+/m1/s1. The predicted molar refractivity (Wildman–Crippen MR) is 165 cm³/mol. The molecule has 41 heavy (non-hydrogen) atoms. The van der Waals surface area contributed by atoms with E-state index >= 15 is 0 Å². The van der Waals surface area contributed by atoms with Crippen LogP contribution in [0.25, 0.3) is 0 Å². The second-order valence-corrected chi connectivity index (χ2v) is 12.1. The van der Waals surface area contributed by atoms with Crippen LogP contribution in [-0.2, 0) is 36.9 Å². The van der Waals surface area contributed by atoms with Crippen LogP contribution >= 0.6 is 11.8 Å². The Labute approximate surface area is 249 Å². The van der Waals surface area contributed by atoms with Crippen molar-refractivity contribution in [2.75, 3.05) is 12.4 Å². The molecule has 3 aromatic carbocycles. The van der Waals surface area contributed by atoms with Crippen LogP contribution < -0.4 is 0 Å². The van der Waals surface area contributed by atoms with Crippen LogP contribution in [0.4, 0.5) is 0 Å². The van der Waals surface area contributed by atoms with Gasteiger partial charge in [-0.25, -0.2) is 0 Å². The Balaban J connectivity index is 1.33. The summed E-state index contributed by atoms with van der Waals surface area (Å²) in [4.78, 5) is 0. The summed E-state index contributed by atoms with van der Waals surface area (Å²) in [6.07, 6.45) is 6.02. The highest BCUT2D eigenvalue weighted by molar-refractivity contribution is 7.99. The Hall–Kier alpha value is -2.19. The fourth-order valence-electron chi connectivity index (χ4n) is 5.44. The third-order valence-corrected chi connectivity index (χ3v) is 8.94. The van der Waals surface area contributed by atoms with Gasteiger partial charge in [0.25, 0.3) is 0 Å². The first-order valence-corrected chi connectivity index (χ1v) is 16.3. The maximum Gasteiger partial charge on any atom is 0.184 e. The van der Waals surface area contributed by atoms with Gasteiger partial charge >= 0.3 is 0 Å². The molecule has 0 bridgehead atoms. The highest BCUT2D eigenvalue weighted by Crippen LogP contribution is 2.40. The van der Waals surface area contributed by atoms with Gasteiger partial charge in [0.05, 0.1) is 19.8 Å². The number of ether oxygens (including phenoxy) is 5. The van der Waals surface area contributed by atoms with Gasteiger partial charge in [0.1, 0.15) is 29.9 Å². The van der Waals surface area contributed by atoms with Crippen molar-refractivity contribution in [2.24, 2.45) is 0 Å². The van der Waals surface area contributed by atoms with Gasteiger partial charge in [-0.1, -0.05) is 130 Å². The maximum absolute atomic E-state index is 6.73. The lowest BCUT2D eigenvalue weighted by atomic mass is 9.98. The largest absolute Gasteiger partial charge is 0.368 e. The molecule has 2 aliphatic rings. The minimum atomic E-state index is -0.467. The van der Waals surface area contributed by atoms with Crippen LogP contribution in [0.15, 0.2) is 91.0 Å². The summed E-state index contributed by atoms with van der Waals surface area (Å²) in [6, 6.07) is 30.7. The fourth-order valence-corrected chi connectivity index (χ4v) is 6.69. The molecule has 2 aliphatic heterocycles. The summed E-state index contributed by atoms with van der Waals surface area (Å²) in [7, 11) is 0. The topological polar surface area (TPSA) is 46.2 Å². The van der Waals surface area contributed by atoms with Crippen molar-refractivity contribution in [2.45, 2.75) is 94.8 Å². The molecule has 2 fully saturated rings. The van der Waals surface area contributed by atoms with E-state index < -0.39 is 6.29 Å². The summed E-state index contributed by atoms with van der Waals surface area (Å²) in [5.74, 6) is 1.03. The molecule has 2 saturated heterocycles. The minimum Gasteiger partial charge on any atom is -0.368 e. The molecular formula is C35H44O5S. The molecule has 2 heterocycles. The van der Waals surface area contributed by atoms with Crippen molar-refractivity contribution < 1.29 is 23.7 Å². The molecular weight excluding hydrogens is 532 g/mol.